The standard InChI is InChI=1S/C13H25N3O4/c1-13(2,3)20-12(19)15-9-5-10(8-17)16(7-9)11(18)6-14-4/h9-10,14,17H,5-8H2,1-4H3,(H,15,19). The first-order chi connectivity index (χ1) is 9.26. The molecule has 0 bridgehead atoms. The summed E-state index contributed by atoms with van der Waals surface area (Å²) in [4.78, 5) is 25.2. The monoisotopic (exact) mass is 287 g/mol. The lowest BCUT2D eigenvalue weighted by atomic mass is 10.2. The van der Waals surface area contributed by atoms with E-state index in [0.29, 0.717) is 13.0 Å². The molecule has 2 atom stereocenters. The second-order valence-electron chi connectivity index (χ2n) is 5.99. The quantitative estimate of drug-likeness (QED) is 0.660. The number of carbonyl (C=O) groups is 2. The Labute approximate surface area is 119 Å². The van der Waals surface area contributed by atoms with Gasteiger partial charge in [0.25, 0.3) is 0 Å². The highest BCUT2D eigenvalue weighted by Crippen LogP contribution is 2.18. The van der Waals surface area contributed by atoms with Crippen LogP contribution in [0.25, 0.3) is 0 Å². The van der Waals surface area contributed by atoms with Gasteiger partial charge in [-0.15, -0.1) is 0 Å². The molecule has 1 aliphatic rings. The second-order valence-corrected chi connectivity index (χ2v) is 5.99. The van der Waals surface area contributed by atoms with Crippen molar-refractivity contribution in [2.45, 2.75) is 44.9 Å². The molecule has 0 aromatic rings. The highest BCUT2D eigenvalue weighted by Gasteiger charge is 2.35. The molecule has 116 valence electrons. The predicted molar refractivity (Wildman–Crippen MR) is 74.3 cm³/mol. The minimum absolute atomic E-state index is 0.0833. The number of hydrogen-bond donors (Lipinski definition) is 3. The summed E-state index contributed by atoms with van der Waals surface area (Å²) in [6, 6.07) is -0.446. The van der Waals surface area contributed by atoms with Gasteiger partial charge in [0.05, 0.1) is 25.2 Å². The number of aliphatic hydroxyl groups excluding tert-OH is 1. The molecule has 0 aromatic carbocycles. The summed E-state index contributed by atoms with van der Waals surface area (Å²) in [5.41, 5.74) is -0.555. The van der Waals surface area contributed by atoms with E-state index in [-0.39, 0.29) is 31.1 Å². The largest absolute Gasteiger partial charge is 0.444 e. The van der Waals surface area contributed by atoms with E-state index in [1.807, 2.05) is 0 Å². The van der Waals surface area contributed by atoms with Crippen molar-refractivity contribution in [1.82, 2.24) is 15.5 Å². The zero-order valence-electron chi connectivity index (χ0n) is 12.6. The zero-order valence-corrected chi connectivity index (χ0v) is 12.6. The lowest BCUT2D eigenvalue weighted by Gasteiger charge is -2.23. The van der Waals surface area contributed by atoms with E-state index < -0.39 is 11.7 Å². The average Bonchev–Trinajstić information content (AvgIpc) is 2.69. The summed E-state index contributed by atoms with van der Waals surface area (Å²) < 4.78 is 5.18. The van der Waals surface area contributed by atoms with Gasteiger partial charge in [0.2, 0.25) is 5.91 Å². The molecule has 0 radical (unpaired) electrons. The predicted octanol–water partition coefficient (Wildman–Crippen LogP) is -0.308. The SMILES string of the molecule is CNCC(=O)N1CC(NC(=O)OC(C)(C)C)CC1CO. The van der Waals surface area contributed by atoms with Gasteiger partial charge in [0.15, 0.2) is 0 Å². The Kier molecular flexibility index (Phi) is 5.76. The topological polar surface area (TPSA) is 90.9 Å². The van der Waals surface area contributed by atoms with E-state index in [9.17, 15) is 14.7 Å². The molecule has 0 aromatic heterocycles. The Morgan fingerprint density at radius 2 is 2.05 bits per heavy atom. The molecule has 2 unspecified atom stereocenters. The van der Waals surface area contributed by atoms with E-state index in [1.165, 1.54) is 0 Å². The van der Waals surface area contributed by atoms with E-state index in [4.69, 9.17) is 4.74 Å². The Hall–Kier alpha value is -1.34. The average molecular weight is 287 g/mol. The normalized spacial score (nSPS) is 22.8. The van der Waals surface area contributed by atoms with Gasteiger partial charge in [0.1, 0.15) is 5.60 Å². The maximum absolute atomic E-state index is 11.9. The molecule has 0 spiro atoms. The summed E-state index contributed by atoms with van der Waals surface area (Å²) in [5.74, 6) is -0.0833. The van der Waals surface area contributed by atoms with Crippen molar-refractivity contribution >= 4 is 12.0 Å². The van der Waals surface area contributed by atoms with Crippen LogP contribution in [-0.2, 0) is 9.53 Å². The van der Waals surface area contributed by atoms with Crippen LogP contribution in [0.3, 0.4) is 0 Å². The summed E-state index contributed by atoms with van der Waals surface area (Å²) in [5, 5.41) is 14.9. The minimum atomic E-state index is -0.555. The van der Waals surface area contributed by atoms with Crippen molar-refractivity contribution in [2.24, 2.45) is 0 Å². The Morgan fingerprint density at radius 1 is 1.40 bits per heavy atom. The lowest BCUT2D eigenvalue weighted by Crippen LogP contribution is -2.44. The van der Waals surface area contributed by atoms with E-state index >= 15 is 0 Å². The van der Waals surface area contributed by atoms with Crippen LogP contribution in [0.4, 0.5) is 4.79 Å². The summed E-state index contributed by atoms with van der Waals surface area (Å²) in [6.07, 6.45) is 0.0349. The first kappa shape index (κ1) is 16.7. The highest BCUT2D eigenvalue weighted by atomic mass is 16.6. The molecule has 0 saturated carbocycles. The molecule has 7 nitrogen and oxygen atoms in total. The van der Waals surface area contributed by atoms with Crippen LogP contribution in [-0.4, -0.2) is 66.4 Å². The molecule has 1 heterocycles. The van der Waals surface area contributed by atoms with E-state index in [2.05, 4.69) is 10.6 Å². The number of nitrogens with zero attached hydrogens (tertiary/aromatic N) is 1. The number of ether oxygens (including phenoxy) is 1. The fourth-order valence-electron chi connectivity index (χ4n) is 2.23. The van der Waals surface area contributed by atoms with Gasteiger partial charge in [-0.1, -0.05) is 0 Å². The van der Waals surface area contributed by atoms with Crippen molar-refractivity contribution in [3.63, 3.8) is 0 Å². The van der Waals surface area contributed by atoms with Gasteiger partial charge in [-0.05, 0) is 34.2 Å². The van der Waals surface area contributed by atoms with Crippen molar-refractivity contribution in [3.05, 3.63) is 0 Å². The molecule has 1 aliphatic heterocycles. The first-order valence-corrected chi connectivity index (χ1v) is 6.81. The van der Waals surface area contributed by atoms with Crippen molar-refractivity contribution in [3.8, 4) is 0 Å². The molecule has 7 heteroatoms. The fraction of sp³-hybridized carbons (Fsp3) is 0.846. The summed E-state index contributed by atoms with van der Waals surface area (Å²) >= 11 is 0. The molecule has 3 N–H and O–H groups in total. The molecule has 20 heavy (non-hydrogen) atoms. The Morgan fingerprint density at radius 3 is 2.55 bits per heavy atom. The number of hydrogen-bond acceptors (Lipinski definition) is 5. The first-order valence-electron chi connectivity index (χ1n) is 6.81. The number of amides is 2. The Balaban J connectivity index is 2.54. The maximum Gasteiger partial charge on any atom is 0.407 e. The highest BCUT2D eigenvalue weighted by molar-refractivity contribution is 5.79. The van der Waals surface area contributed by atoms with Crippen molar-refractivity contribution in [1.29, 1.82) is 0 Å². The van der Waals surface area contributed by atoms with Crippen LogP contribution in [0.15, 0.2) is 0 Å². The van der Waals surface area contributed by atoms with Gasteiger partial charge in [-0.3, -0.25) is 4.79 Å². The summed E-state index contributed by atoms with van der Waals surface area (Å²) in [7, 11) is 1.69. The molecule has 1 fully saturated rings. The number of likely N-dealkylation sites (tertiary alicyclic amines) is 1. The van der Waals surface area contributed by atoms with Crippen molar-refractivity contribution < 1.29 is 19.4 Å². The van der Waals surface area contributed by atoms with Gasteiger partial charge < -0.3 is 25.4 Å². The number of aliphatic hydroxyl groups is 1. The molecule has 1 saturated heterocycles. The fourth-order valence-corrected chi connectivity index (χ4v) is 2.23. The second kappa shape index (κ2) is 6.90. The van der Waals surface area contributed by atoms with Crippen LogP contribution < -0.4 is 10.6 Å². The summed E-state index contributed by atoms with van der Waals surface area (Å²) in [6.45, 7) is 5.88. The number of carbonyl (C=O) groups excluding carboxylic acids is 2. The third-order valence-electron chi connectivity index (χ3n) is 2.99. The van der Waals surface area contributed by atoms with Gasteiger partial charge >= 0.3 is 6.09 Å². The molecule has 2 amide bonds. The minimum Gasteiger partial charge on any atom is -0.444 e. The number of rotatable bonds is 4. The number of likely N-dealkylation sites (N-methyl/N-ethyl adjacent to an activating group) is 1. The third-order valence-corrected chi connectivity index (χ3v) is 2.99. The molecule has 0 aliphatic carbocycles. The van der Waals surface area contributed by atoms with Gasteiger partial charge in [-0.25, -0.2) is 4.79 Å². The number of nitrogens with one attached hydrogen (secondary N) is 2. The molecular formula is C13H25N3O4. The smallest absolute Gasteiger partial charge is 0.407 e. The van der Waals surface area contributed by atoms with Crippen LogP contribution in [0.5, 0.6) is 0 Å². The lowest BCUT2D eigenvalue weighted by molar-refractivity contribution is -0.131. The van der Waals surface area contributed by atoms with E-state index in [0.717, 1.165) is 0 Å². The van der Waals surface area contributed by atoms with Crippen LogP contribution >= 0.6 is 0 Å². The van der Waals surface area contributed by atoms with Crippen LogP contribution in [0.2, 0.25) is 0 Å². The number of alkyl carbamates (subject to hydrolysis) is 1. The van der Waals surface area contributed by atoms with Gasteiger partial charge in [0, 0.05) is 6.54 Å². The zero-order chi connectivity index (χ0) is 15.3. The maximum atomic E-state index is 11.9. The van der Waals surface area contributed by atoms with Crippen LogP contribution in [0, 0.1) is 0 Å². The molecular weight excluding hydrogens is 262 g/mol. The third kappa shape index (κ3) is 4.97. The molecule has 1 rings (SSSR count). The van der Waals surface area contributed by atoms with Crippen LogP contribution in [0.1, 0.15) is 27.2 Å². The Bertz CT molecular complexity index is 354. The van der Waals surface area contributed by atoms with Crippen molar-refractivity contribution in [2.75, 3.05) is 26.7 Å². The van der Waals surface area contributed by atoms with E-state index in [1.54, 1.807) is 32.7 Å². The van der Waals surface area contributed by atoms with Gasteiger partial charge in [-0.2, -0.15) is 0 Å².